The Balaban J connectivity index is 1.63. The molecule has 0 aliphatic carbocycles. The quantitative estimate of drug-likeness (QED) is 0.845. The molecule has 0 bridgehead atoms. The van der Waals surface area contributed by atoms with Crippen LogP contribution in [0.4, 0.5) is 0 Å². The standard InChI is InChI=1S/C19H23N3O5/c1-2-13-9-21(11-19(27-13)7-8-26-12-19)16(23)10-22-15-6-4-3-5-14(15)17(24)20-18(22)25/h3-6,13H,2,7-12H2,1H3,(H,20,24,25). The van der Waals surface area contributed by atoms with Crippen LogP contribution in [0.1, 0.15) is 19.8 Å². The third-order valence-corrected chi connectivity index (χ3v) is 5.39. The van der Waals surface area contributed by atoms with E-state index in [1.807, 2.05) is 6.92 Å². The third kappa shape index (κ3) is 3.30. The van der Waals surface area contributed by atoms with E-state index < -0.39 is 16.9 Å². The SMILES string of the molecule is CCC1CN(C(=O)Cn2c(=O)[nH]c(=O)c3ccccc32)CC2(CCOC2)O1. The lowest BCUT2D eigenvalue weighted by atomic mass is 9.98. The minimum absolute atomic E-state index is 0.0477. The lowest BCUT2D eigenvalue weighted by molar-refractivity contribution is -0.170. The number of fused-ring (bicyclic) bond motifs is 1. The van der Waals surface area contributed by atoms with Gasteiger partial charge in [-0.25, -0.2) is 4.79 Å². The summed E-state index contributed by atoms with van der Waals surface area (Å²) < 4.78 is 13.0. The minimum Gasteiger partial charge on any atom is -0.378 e. The molecule has 27 heavy (non-hydrogen) atoms. The average Bonchev–Trinajstić information content (AvgIpc) is 3.11. The molecule has 1 aromatic carbocycles. The number of ether oxygens (including phenoxy) is 2. The van der Waals surface area contributed by atoms with Gasteiger partial charge in [0.15, 0.2) is 0 Å². The molecule has 2 aromatic rings. The van der Waals surface area contributed by atoms with Crippen LogP contribution >= 0.6 is 0 Å². The first-order valence-electron chi connectivity index (χ1n) is 9.26. The first-order chi connectivity index (χ1) is 13.0. The Bertz CT molecular complexity index is 973. The molecular weight excluding hydrogens is 350 g/mol. The van der Waals surface area contributed by atoms with Crippen LogP contribution in [0.25, 0.3) is 10.9 Å². The highest BCUT2D eigenvalue weighted by atomic mass is 16.6. The molecule has 2 unspecified atom stereocenters. The van der Waals surface area contributed by atoms with Gasteiger partial charge in [0.05, 0.1) is 30.2 Å². The monoisotopic (exact) mass is 373 g/mol. The third-order valence-electron chi connectivity index (χ3n) is 5.39. The Labute approximate surface area is 155 Å². The number of nitrogens with one attached hydrogen (secondary N) is 1. The number of nitrogens with zero attached hydrogens (tertiary/aromatic N) is 2. The Morgan fingerprint density at radius 3 is 2.89 bits per heavy atom. The van der Waals surface area contributed by atoms with Gasteiger partial charge in [-0.2, -0.15) is 0 Å². The molecule has 2 fully saturated rings. The van der Waals surface area contributed by atoms with E-state index in [0.717, 1.165) is 12.8 Å². The van der Waals surface area contributed by atoms with Crippen LogP contribution in [0.3, 0.4) is 0 Å². The summed E-state index contributed by atoms with van der Waals surface area (Å²) in [5.41, 5.74) is -1.02. The van der Waals surface area contributed by atoms with E-state index in [1.54, 1.807) is 29.2 Å². The van der Waals surface area contributed by atoms with Gasteiger partial charge in [0.2, 0.25) is 5.91 Å². The van der Waals surface area contributed by atoms with Gasteiger partial charge in [0.1, 0.15) is 12.1 Å². The van der Waals surface area contributed by atoms with Crippen molar-refractivity contribution in [2.45, 2.75) is 38.0 Å². The molecule has 8 nitrogen and oxygen atoms in total. The Morgan fingerprint density at radius 2 is 2.15 bits per heavy atom. The number of hydrogen-bond donors (Lipinski definition) is 1. The van der Waals surface area contributed by atoms with Crippen molar-refractivity contribution < 1.29 is 14.3 Å². The zero-order chi connectivity index (χ0) is 19.0. The number of carbonyl (C=O) groups is 1. The number of para-hydroxylation sites is 1. The molecule has 1 amide bonds. The van der Waals surface area contributed by atoms with Crippen molar-refractivity contribution in [3.05, 3.63) is 45.1 Å². The molecule has 2 saturated heterocycles. The van der Waals surface area contributed by atoms with Gasteiger partial charge >= 0.3 is 5.69 Å². The van der Waals surface area contributed by atoms with Gasteiger partial charge < -0.3 is 14.4 Å². The van der Waals surface area contributed by atoms with Crippen molar-refractivity contribution in [2.24, 2.45) is 0 Å². The maximum absolute atomic E-state index is 13.0. The van der Waals surface area contributed by atoms with Gasteiger partial charge in [0, 0.05) is 19.6 Å². The summed E-state index contributed by atoms with van der Waals surface area (Å²) in [4.78, 5) is 41.4. The van der Waals surface area contributed by atoms with E-state index >= 15 is 0 Å². The highest BCUT2D eigenvalue weighted by Crippen LogP contribution is 2.31. The summed E-state index contributed by atoms with van der Waals surface area (Å²) in [5, 5.41) is 0.388. The number of hydrogen-bond acceptors (Lipinski definition) is 5. The zero-order valence-electron chi connectivity index (χ0n) is 15.3. The Morgan fingerprint density at radius 1 is 1.33 bits per heavy atom. The van der Waals surface area contributed by atoms with Crippen LogP contribution in [-0.2, 0) is 20.8 Å². The Hall–Kier alpha value is -2.45. The molecular formula is C19H23N3O5. The smallest absolute Gasteiger partial charge is 0.329 e. The lowest BCUT2D eigenvalue weighted by Crippen LogP contribution is -2.58. The second-order valence-corrected chi connectivity index (χ2v) is 7.27. The maximum atomic E-state index is 13.0. The van der Waals surface area contributed by atoms with E-state index in [1.165, 1.54) is 4.57 Å². The number of benzene rings is 1. The fourth-order valence-corrected chi connectivity index (χ4v) is 3.93. The molecule has 0 radical (unpaired) electrons. The van der Waals surface area contributed by atoms with Gasteiger partial charge in [-0.15, -0.1) is 0 Å². The van der Waals surface area contributed by atoms with E-state index in [4.69, 9.17) is 9.47 Å². The molecule has 1 aromatic heterocycles. The predicted molar refractivity (Wildman–Crippen MR) is 98.7 cm³/mol. The topological polar surface area (TPSA) is 93.6 Å². The molecule has 0 saturated carbocycles. The van der Waals surface area contributed by atoms with Gasteiger partial charge in [-0.05, 0) is 18.6 Å². The molecule has 2 aliphatic heterocycles. The van der Waals surface area contributed by atoms with Crippen LogP contribution in [0.2, 0.25) is 0 Å². The highest BCUT2D eigenvalue weighted by molar-refractivity contribution is 5.81. The lowest BCUT2D eigenvalue weighted by Gasteiger charge is -2.43. The van der Waals surface area contributed by atoms with Crippen LogP contribution in [0, 0.1) is 0 Å². The summed E-state index contributed by atoms with van der Waals surface area (Å²) in [6.45, 7) is 3.97. The zero-order valence-corrected chi connectivity index (χ0v) is 15.3. The first kappa shape index (κ1) is 17.9. The van der Waals surface area contributed by atoms with Crippen LogP contribution in [0.15, 0.2) is 33.9 Å². The molecule has 1 spiro atoms. The minimum atomic E-state index is -0.578. The molecule has 1 N–H and O–H groups in total. The van der Waals surface area contributed by atoms with E-state index in [2.05, 4.69) is 4.98 Å². The van der Waals surface area contributed by atoms with Gasteiger partial charge in [-0.1, -0.05) is 19.1 Å². The first-order valence-corrected chi connectivity index (χ1v) is 9.26. The highest BCUT2D eigenvalue weighted by Gasteiger charge is 2.44. The molecule has 3 heterocycles. The maximum Gasteiger partial charge on any atom is 0.329 e. The van der Waals surface area contributed by atoms with E-state index in [9.17, 15) is 14.4 Å². The summed E-state index contributed by atoms with van der Waals surface area (Å²) in [7, 11) is 0. The summed E-state index contributed by atoms with van der Waals surface area (Å²) >= 11 is 0. The number of aromatic nitrogens is 2. The number of H-pyrrole nitrogens is 1. The van der Waals surface area contributed by atoms with Crippen molar-refractivity contribution in [1.29, 1.82) is 0 Å². The molecule has 2 atom stereocenters. The van der Waals surface area contributed by atoms with Crippen molar-refractivity contribution >= 4 is 16.8 Å². The molecule has 144 valence electrons. The van der Waals surface area contributed by atoms with Crippen LogP contribution < -0.4 is 11.2 Å². The second kappa shape index (κ2) is 6.94. The molecule has 8 heteroatoms. The van der Waals surface area contributed by atoms with Crippen molar-refractivity contribution in [2.75, 3.05) is 26.3 Å². The summed E-state index contributed by atoms with van der Waals surface area (Å²) in [6.07, 6.45) is 1.51. The number of rotatable bonds is 3. The molecule has 4 rings (SSSR count). The summed E-state index contributed by atoms with van der Waals surface area (Å²) in [6, 6.07) is 6.79. The second-order valence-electron chi connectivity index (χ2n) is 7.27. The normalized spacial score (nSPS) is 25.4. The van der Waals surface area contributed by atoms with Gasteiger partial charge in [0.25, 0.3) is 5.56 Å². The number of aromatic amines is 1. The number of morpholine rings is 1. The van der Waals surface area contributed by atoms with Crippen molar-refractivity contribution in [3.63, 3.8) is 0 Å². The van der Waals surface area contributed by atoms with Gasteiger partial charge in [-0.3, -0.25) is 19.1 Å². The fraction of sp³-hybridized carbons (Fsp3) is 0.526. The molecule has 2 aliphatic rings. The number of amides is 1. The largest absolute Gasteiger partial charge is 0.378 e. The van der Waals surface area contributed by atoms with E-state index in [-0.39, 0.29) is 18.6 Å². The Kier molecular flexibility index (Phi) is 4.61. The van der Waals surface area contributed by atoms with Crippen LogP contribution in [0.5, 0.6) is 0 Å². The number of carbonyl (C=O) groups excluding carboxylic acids is 1. The fourth-order valence-electron chi connectivity index (χ4n) is 3.93. The van der Waals surface area contributed by atoms with Crippen LogP contribution in [-0.4, -0.2) is 58.4 Å². The van der Waals surface area contributed by atoms with Crippen molar-refractivity contribution in [1.82, 2.24) is 14.5 Å². The summed E-state index contributed by atoms with van der Waals surface area (Å²) in [5.74, 6) is -0.165. The average molecular weight is 373 g/mol. The van der Waals surface area contributed by atoms with E-state index in [0.29, 0.717) is 37.2 Å². The van der Waals surface area contributed by atoms with Crippen molar-refractivity contribution in [3.8, 4) is 0 Å². The predicted octanol–water partition coefficient (Wildman–Crippen LogP) is 0.486.